The first-order valence-electron chi connectivity index (χ1n) is 8.81. The van der Waals surface area contributed by atoms with E-state index in [9.17, 15) is 4.79 Å². The lowest BCUT2D eigenvalue weighted by molar-refractivity contribution is 0.0514. The molecule has 0 atom stereocenters. The average Bonchev–Trinajstić information content (AvgIpc) is 3.09. The molecule has 0 bridgehead atoms. The Hall–Kier alpha value is -2.86. The second-order valence-electron chi connectivity index (χ2n) is 7.36. The molecule has 146 valence electrons. The van der Waals surface area contributed by atoms with Gasteiger partial charge in [-0.3, -0.25) is 0 Å². The van der Waals surface area contributed by atoms with Crippen LogP contribution in [0.4, 0.5) is 4.79 Å². The van der Waals surface area contributed by atoms with Gasteiger partial charge in [0.2, 0.25) is 5.88 Å². The van der Waals surface area contributed by atoms with Gasteiger partial charge in [-0.1, -0.05) is 23.7 Å². The normalized spacial score (nSPS) is 11.3. The zero-order chi connectivity index (χ0) is 20.3. The van der Waals surface area contributed by atoms with E-state index < -0.39 is 11.7 Å². The van der Waals surface area contributed by atoms with Gasteiger partial charge in [0.1, 0.15) is 5.60 Å². The van der Waals surface area contributed by atoms with Crippen molar-refractivity contribution in [3.8, 4) is 17.0 Å². The molecular formula is C21H22ClN3O3. The lowest BCUT2D eigenvalue weighted by atomic mass is 10.0. The van der Waals surface area contributed by atoms with Crippen molar-refractivity contribution in [2.24, 2.45) is 0 Å². The van der Waals surface area contributed by atoms with Crippen LogP contribution in [0.2, 0.25) is 5.02 Å². The summed E-state index contributed by atoms with van der Waals surface area (Å²) in [6.45, 7) is 5.45. The Morgan fingerprint density at radius 1 is 1.18 bits per heavy atom. The Balaban J connectivity index is 1.84. The summed E-state index contributed by atoms with van der Waals surface area (Å²) in [4.78, 5) is 16.5. The topological polar surface area (TPSA) is 66.2 Å². The van der Waals surface area contributed by atoms with Crippen molar-refractivity contribution in [2.75, 3.05) is 7.11 Å². The zero-order valence-corrected chi connectivity index (χ0v) is 17.0. The number of nitrogens with zero attached hydrogens (tertiary/aromatic N) is 3. The van der Waals surface area contributed by atoms with Gasteiger partial charge in [0, 0.05) is 29.4 Å². The number of aromatic nitrogens is 3. The fraction of sp³-hybridized carbons (Fsp3) is 0.286. The van der Waals surface area contributed by atoms with Crippen LogP contribution in [0.1, 0.15) is 31.9 Å². The highest BCUT2D eigenvalue weighted by Gasteiger charge is 2.18. The fourth-order valence-corrected chi connectivity index (χ4v) is 2.90. The molecule has 0 saturated heterocycles. The van der Waals surface area contributed by atoms with Crippen molar-refractivity contribution >= 4 is 17.7 Å². The van der Waals surface area contributed by atoms with Crippen molar-refractivity contribution in [1.82, 2.24) is 14.8 Å². The Kier molecular flexibility index (Phi) is 5.70. The summed E-state index contributed by atoms with van der Waals surface area (Å²) in [5.74, 6) is 0.524. The molecule has 0 fully saturated rings. The molecule has 1 aromatic carbocycles. The lowest BCUT2D eigenvalue weighted by Gasteiger charge is -2.18. The fourth-order valence-electron chi connectivity index (χ4n) is 2.71. The predicted molar refractivity (Wildman–Crippen MR) is 108 cm³/mol. The van der Waals surface area contributed by atoms with E-state index in [0.717, 1.165) is 22.3 Å². The highest BCUT2D eigenvalue weighted by molar-refractivity contribution is 6.30. The first-order valence-corrected chi connectivity index (χ1v) is 9.19. The van der Waals surface area contributed by atoms with Crippen LogP contribution in [0.5, 0.6) is 5.88 Å². The molecule has 0 aliphatic rings. The van der Waals surface area contributed by atoms with E-state index in [2.05, 4.69) is 10.1 Å². The summed E-state index contributed by atoms with van der Waals surface area (Å²) in [6, 6.07) is 9.53. The predicted octanol–water partition coefficient (Wildman–Crippen LogP) is 4.98. The van der Waals surface area contributed by atoms with Crippen molar-refractivity contribution in [1.29, 1.82) is 0 Å². The number of hydrogen-bond acceptors (Lipinski definition) is 5. The number of hydrogen-bond donors (Lipinski definition) is 0. The van der Waals surface area contributed by atoms with Gasteiger partial charge in [-0.25, -0.2) is 9.78 Å². The van der Waals surface area contributed by atoms with Crippen LogP contribution in [-0.4, -0.2) is 33.6 Å². The van der Waals surface area contributed by atoms with Gasteiger partial charge in [-0.15, -0.1) is 0 Å². The second-order valence-corrected chi connectivity index (χ2v) is 7.80. The summed E-state index contributed by atoms with van der Waals surface area (Å²) in [7, 11) is 1.58. The minimum Gasteiger partial charge on any atom is -0.481 e. The largest absolute Gasteiger partial charge is 0.481 e. The number of rotatable bonds is 4. The van der Waals surface area contributed by atoms with E-state index >= 15 is 0 Å². The summed E-state index contributed by atoms with van der Waals surface area (Å²) >= 11 is 6.12. The lowest BCUT2D eigenvalue weighted by Crippen LogP contribution is -2.27. The third-order valence-electron chi connectivity index (χ3n) is 3.86. The van der Waals surface area contributed by atoms with Gasteiger partial charge in [0.15, 0.2) is 0 Å². The molecule has 0 spiro atoms. The van der Waals surface area contributed by atoms with E-state index in [4.69, 9.17) is 21.1 Å². The van der Waals surface area contributed by atoms with E-state index in [1.807, 2.05) is 51.1 Å². The van der Waals surface area contributed by atoms with Gasteiger partial charge in [-0.05, 0) is 55.7 Å². The van der Waals surface area contributed by atoms with E-state index in [1.165, 1.54) is 4.68 Å². The number of ether oxygens (including phenoxy) is 2. The first-order chi connectivity index (χ1) is 13.2. The zero-order valence-electron chi connectivity index (χ0n) is 16.3. The molecule has 0 aliphatic carbocycles. The Bertz CT molecular complexity index is 993. The maximum Gasteiger partial charge on any atom is 0.435 e. The van der Waals surface area contributed by atoms with Gasteiger partial charge < -0.3 is 9.47 Å². The first kappa shape index (κ1) is 19.9. The number of halogens is 1. The van der Waals surface area contributed by atoms with Crippen molar-refractivity contribution in [3.63, 3.8) is 0 Å². The molecule has 3 aromatic rings. The summed E-state index contributed by atoms with van der Waals surface area (Å²) < 4.78 is 11.9. The molecule has 0 amide bonds. The Labute approximate surface area is 169 Å². The van der Waals surface area contributed by atoms with Gasteiger partial charge >= 0.3 is 6.09 Å². The van der Waals surface area contributed by atoms with Crippen LogP contribution < -0.4 is 4.74 Å². The van der Waals surface area contributed by atoms with Crippen LogP contribution in [0, 0.1) is 0 Å². The van der Waals surface area contributed by atoms with Gasteiger partial charge in [0.05, 0.1) is 13.3 Å². The van der Waals surface area contributed by atoms with Gasteiger partial charge in [0.25, 0.3) is 0 Å². The monoisotopic (exact) mass is 399 g/mol. The number of carbonyl (C=O) groups excluding carboxylic acids is 1. The van der Waals surface area contributed by atoms with Crippen LogP contribution in [0.3, 0.4) is 0 Å². The molecule has 7 heteroatoms. The third-order valence-corrected chi connectivity index (χ3v) is 4.10. The molecular weight excluding hydrogens is 378 g/mol. The SMILES string of the molecule is COc1ncc(Cc2cnn(C(=O)OC(C)(C)C)c2)cc1-c1cccc(Cl)c1. The van der Waals surface area contributed by atoms with Crippen LogP contribution in [0.25, 0.3) is 11.1 Å². The Morgan fingerprint density at radius 2 is 1.96 bits per heavy atom. The van der Waals surface area contributed by atoms with Crippen molar-refractivity contribution in [2.45, 2.75) is 32.8 Å². The summed E-state index contributed by atoms with van der Waals surface area (Å²) in [6.07, 6.45) is 5.11. The molecule has 0 aliphatic heterocycles. The summed E-state index contributed by atoms with van der Waals surface area (Å²) in [5, 5.41) is 4.74. The van der Waals surface area contributed by atoms with E-state index in [-0.39, 0.29) is 0 Å². The van der Waals surface area contributed by atoms with Crippen molar-refractivity contribution < 1.29 is 14.3 Å². The standard InChI is InChI=1S/C21H22ClN3O3/c1-21(2,3)28-20(26)25-13-15(12-24-25)8-14-9-18(19(27-4)23-11-14)16-6-5-7-17(22)10-16/h5-7,9-13H,8H2,1-4H3. The maximum absolute atomic E-state index is 12.1. The van der Waals surface area contributed by atoms with Crippen LogP contribution >= 0.6 is 11.6 Å². The Morgan fingerprint density at radius 3 is 2.64 bits per heavy atom. The molecule has 2 aromatic heterocycles. The number of benzene rings is 1. The molecule has 0 radical (unpaired) electrons. The minimum atomic E-state index is -0.574. The molecule has 0 unspecified atom stereocenters. The summed E-state index contributed by atoms with van der Waals surface area (Å²) in [5.41, 5.74) is 3.02. The smallest absolute Gasteiger partial charge is 0.435 e. The second kappa shape index (κ2) is 8.02. The van der Waals surface area contributed by atoms with Gasteiger partial charge in [-0.2, -0.15) is 9.78 Å². The third kappa shape index (κ3) is 4.89. The molecule has 2 heterocycles. The highest BCUT2D eigenvalue weighted by Crippen LogP contribution is 2.31. The highest BCUT2D eigenvalue weighted by atomic mass is 35.5. The molecule has 0 N–H and O–H groups in total. The van der Waals surface area contributed by atoms with E-state index in [1.54, 1.807) is 25.7 Å². The maximum atomic E-state index is 12.1. The quantitative estimate of drug-likeness (QED) is 0.618. The molecule has 6 nitrogen and oxygen atoms in total. The average molecular weight is 400 g/mol. The number of carbonyl (C=O) groups is 1. The minimum absolute atomic E-state index is 0.508. The molecule has 0 saturated carbocycles. The van der Waals surface area contributed by atoms with E-state index in [0.29, 0.717) is 17.3 Å². The molecule has 28 heavy (non-hydrogen) atoms. The molecule has 3 rings (SSSR count). The van der Waals surface area contributed by atoms with Crippen LogP contribution in [0.15, 0.2) is 48.9 Å². The number of methoxy groups -OCH3 is 1. The number of pyridine rings is 1. The van der Waals surface area contributed by atoms with Crippen LogP contribution in [-0.2, 0) is 11.2 Å². The van der Waals surface area contributed by atoms with Crippen molar-refractivity contribution in [3.05, 3.63) is 65.1 Å².